The Bertz CT molecular complexity index is 216. The molecule has 0 aliphatic carbocycles. The first kappa shape index (κ1) is 23.5. The Labute approximate surface area is 94.8 Å². The van der Waals surface area contributed by atoms with Gasteiger partial charge in [0.25, 0.3) is 0 Å². The van der Waals surface area contributed by atoms with E-state index in [1.165, 1.54) is 0 Å². The fourth-order valence-electron chi connectivity index (χ4n) is 0. The van der Waals surface area contributed by atoms with Gasteiger partial charge in [0, 0.05) is 0 Å². The van der Waals surface area contributed by atoms with Gasteiger partial charge in [0.15, 0.2) is 0 Å². The third-order valence-corrected chi connectivity index (χ3v) is 0.500. The number of aliphatic carboxylic acids is 3. The monoisotopic (exact) mass is 224 g/mol. The van der Waals surface area contributed by atoms with Gasteiger partial charge >= 0.3 is 8.41 Å². The molecule has 0 bridgehead atoms. The predicted molar refractivity (Wildman–Crippen MR) is 51.4 cm³/mol. The second kappa shape index (κ2) is 18.5. The van der Waals surface area contributed by atoms with E-state index in [1.54, 1.807) is 0 Å². The van der Waals surface area contributed by atoms with E-state index < -0.39 is 17.9 Å². The summed E-state index contributed by atoms with van der Waals surface area (Å²) in [5, 5.41) is 27.4. The van der Waals surface area contributed by atoms with Gasteiger partial charge in [0.05, 0.1) is 17.9 Å². The second-order valence-corrected chi connectivity index (χ2v) is 1.57. The molecule has 0 radical (unpaired) electrons. The first-order valence-electron chi connectivity index (χ1n) is 3.32. The van der Waals surface area contributed by atoms with Crippen LogP contribution in [0.25, 0.3) is 0 Å². The standard InChI is InChI=1S/3C3H4O2.B/c3*1-2-3(4)5;/h3*2H,1H2,(H,4,5);/q;;;+3/p-3. The Morgan fingerprint density at radius 2 is 0.750 bits per heavy atom. The Balaban J connectivity index is -0.0000000655. The number of hydrogen-bond donors (Lipinski definition) is 0. The van der Waals surface area contributed by atoms with Crippen LogP contribution in [0.15, 0.2) is 38.0 Å². The Hall–Kier alpha value is -2.31. The molecular weight excluding hydrogens is 215 g/mol. The van der Waals surface area contributed by atoms with E-state index in [-0.39, 0.29) is 8.41 Å². The number of hydrogen-bond acceptors (Lipinski definition) is 6. The van der Waals surface area contributed by atoms with E-state index in [4.69, 9.17) is 29.7 Å². The summed E-state index contributed by atoms with van der Waals surface area (Å²) >= 11 is 0. The van der Waals surface area contributed by atoms with E-state index in [0.29, 0.717) is 0 Å². The molecule has 6 nitrogen and oxygen atoms in total. The largest absolute Gasteiger partial charge is 3.00 e. The minimum atomic E-state index is -1.23. The van der Waals surface area contributed by atoms with Crippen LogP contribution in [0.5, 0.6) is 0 Å². The molecule has 0 spiro atoms. The van der Waals surface area contributed by atoms with E-state index in [1.807, 2.05) is 0 Å². The van der Waals surface area contributed by atoms with Gasteiger partial charge in [0.2, 0.25) is 0 Å². The van der Waals surface area contributed by atoms with Crippen molar-refractivity contribution in [1.82, 2.24) is 0 Å². The molecule has 0 unspecified atom stereocenters. The normalized spacial score (nSPS) is 6.00. The molecule has 0 aromatic heterocycles. The van der Waals surface area contributed by atoms with Gasteiger partial charge in [-0.1, -0.05) is 19.7 Å². The molecule has 0 heterocycles. The van der Waals surface area contributed by atoms with Crippen LogP contribution in [-0.4, -0.2) is 26.3 Å². The first-order valence-corrected chi connectivity index (χ1v) is 3.32. The molecule has 0 aromatic rings. The van der Waals surface area contributed by atoms with Crippen LogP contribution < -0.4 is 15.3 Å². The Morgan fingerprint density at radius 1 is 0.688 bits per heavy atom. The molecule has 0 N–H and O–H groups in total. The maximum atomic E-state index is 9.14. The molecule has 0 atom stereocenters. The van der Waals surface area contributed by atoms with E-state index in [2.05, 4.69) is 19.7 Å². The summed E-state index contributed by atoms with van der Waals surface area (Å²) in [6.45, 7) is 8.69. The van der Waals surface area contributed by atoms with Gasteiger partial charge in [0.1, 0.15) is 0 Å². The summed E-state index contributed by atoms with van der Waals surface area (Å²) in [4.78, 5) is 27.4. The fourth-order valence-corrected chi connectivity index (χ4v) is 0. The zero-order valence-electron chi connectivity index (χ0n) is 8.38. The molecule has 0 amide bonds. The average molecular weight is 224 g/mol. The van der Waals surface area contributed by atoms with E-state index in [0.717, 1.165) is 18.2 Å². The van der Waals surface area contributed by atoms with Crippen LogP contribution >= 0.6 is 0 Å². The maximum Gasteiger partial charge on any atom is 3.00 e. The number of carbonyl (C=O) groups is 3. The fraction of sp³-hybridized carbons (Fsp3) is 0. The molecule has 0 rings (SSSR count). The van der Waals surface area contributed by atoms with Crippen molar-refractivity contribution >= 4 is 26.3 Å². The average Bonchev–Trinajstić information content (AvgIpc) is 2.19. The van der Waals surface area contributed by atoms with Crippen molar-refractivity contribution in [2.75, 3.05) is 0 Å². The van der Waals surface area contributed by atoms with Crippen molar-refractivity contribution in [3.05, 3.63) is 38.0 Å². The summed E-state index contributed by atoms with van der Waals surface area (Å²) in [5.41, 5.74) is 0. The summed E-state index contributed by atoms with van der Waals surface area (Å²) < 4.78 is 0. The molecule has 0 saturated heterocycles. The third kappa shape index (κ3) is 98.0. The predicted octanol–water partition coefficient (Wildman–Crippen LogP) is -3.61. The van der Waals surface area contributed by atoms with Crippen molar-refractivity contribution in [3.63, 3.8) is 0 Å². The van der Waals surface area contributed by atoms with Crippen molar-refractivity contribution in [2.45, 2.75) is 0 Å². The topological polar surface area (TPSA) is 120 Å². The zero-order valence-corrected chi connectivity index (χ0v) is 8.38. The van der Waals surface area contributed by atoms with Gasteiger partial charge in [-0.3, -0.25) is 0 Å². The molecule has 0 fully saturated rings. The molecule has 0 aliphatic heterocycles. The number of carboxylic acids is 3. The molecular formula is C9H9BO6. The molecule has 0 aromatic carbocycles. The van der Waals surface area contributed by atoms with Crippen molar-refractivity contribution in [1.29, 1.82) is 0 Å². The minimum absolute atomic E-state index is 0. The number of carboxylic acid groups (broad SMARTS) is 3. The SMILES string of the molecule is C=CC(=O)[O-].C=CC(=O)[O-].C=CC(=O)[O-].[B+3]. The smallest absolute Gasteiger partial charge is 0.545 e. The Kier molecular flexibility index (Phi) is 27.1. The Morgan fingerprint density at radius 3 is 0.750 bits per heavy atom. The molecule has 7 heteroatoms. The molecule has 0 aliphatic rings. The summed E-state index contributed by atoms with van der Waals surface area (Å²) in [7, 11) is 0. The van der Waals surface area contributed by atoms with Gasteiger partial charge in [-0.25, -0.2) is 0 Å². The minimum Gasteiger partial charge on any atom is -0.545 e. The summed E-state index contributed by atoms with van der Waals surface area (Å²) in [6.07, 6.45) is 2.17. The number of rotatable bonds is 3. The van der Waals surface area contributed by atoms with Crippen LogP contribution in [0, 0.1) is 0 Å². The first-order chi connectivity index (χ1) is 6.81. The van der Waals surface area contributed by atoms with Crippen molar-refractivity contribution in [3.8, 4) is 0 Å². The number of carbonyl (C=O) groups excluding carboxylic acids is 3. The van der Waals surface area contributed by atoms with Crippen LogP contribution in [0.1, 0.15) is 0 Å². The van der Waals surface area contributed by atoms with Gasteiger partial charge in [-0.2, -0.15) is 0 Å². The van der Waals surface area contributed by atoms with Crippen LogP contribution in [0.2, 0.25) is 0 Å². The van der Waals surface area contributed by atoms with Crippen LogP contribution in [0.3, 0.4) is 0 Å². The molecule has 0 saturated carbocycles. The van der Waals surface area contributed by atoms with Crippen LogP contribution in [0.4, 0.5) is 0 Å². The molecule has 84 valence electrons. The summed E-state index contributed by atoms with van der Waals surface area (Å²) in [5.74, 6) is -3.69. The van der Waals surface area contributed by atoms with Gasteiger partial charge in [-0.05, 0) is 18.2 Å². The van der Waals surface area contributed by atoms with Crippen molar-refractivity contribution < 1.29 is 29.7 Å². The maximum absolute atomic E-state index is 9.14. The third-order valence-electron chi connectivity index (χ3n) is 0.500. The summed E-state index contributed by atoms with van der Waals surface area (Å²) in [6, 6.07) is 0. The van der Waals surface area contributed by atoms with Gasteiger partial charge < -0.3 is 29.7 Å². The second-order valence-electron chi connectivity index (χ2n) is 1.57. The quantitative estimate of drug-likeness (QED) is 0.360. The zero-order chi connectivity index (χ0) is 12.9. The van der Waals surface area contributed by atoms with Crippen molar-refractivity contribution in [2.24, 2.45) is 0 Å². The van der Waals surface area contributed by atoms with E-state index in [9.17, 15) is 0 Å². The van der Waals surface area contributed by atoms with E-state index >= 15 is 0 Å². The van der Waals surface area contributed by atoms with Gasteiger partial charge in [-0.15, -0.1) is 0 Å². The molecule has 16 heavy (non-hydrogen) atoms. The van der Waals surface area contributed by atoms with Crippen LogP contribution in [-0.2, 0) is 14.4 Å².